The number of H-pyrrole nitrogens is 1. The van der Waals surface area contributed by atoms with Gasteiger partial charge in [-0.2, -0.15) is 5.10 Å². The van der Waals surface area contributed by atoms with Gasteiger partial charge in [0.15, 0.2) is 17.3 Å². The predicted octanol–water partition coefficient (Wildman–Crippen LogP) is 1.42. The Morgan fingerprint density at radius 1 is 1.10 bits per heavy atom. The molecule has 0 aliphatic rings. The Labute approximate surface area is 129 Å². The van der Waals surface area contributed by atoms with Gasteiger partial charge in [-0.15, -0.1) is 12.4 Å². The number of hydrogen-bond acceptors (Lipinski definition) is 6. The molecule has 1 aromatic carbocycles. The van der Waals surface area contributed by atoms with Crippen molar-refractivity contribution < 1.29 is 14.2 Å². The summed E-state index contributed by atoms with van der Waals surface area (Å²) in [5, 5.41) is 7.02. The third-order valence-corrected chi connectivity index (χ3v) is 2.84. The van der Waals surface area contributed by atoms with E-state index in [1.807, 2.05) is 0 Å². The fourth-order valence-corrected chi connectivity index (χ4v) is 1.88. The highest BCUT2D eigenvalue weighted by Crippen LogP contribution is 2.40. The monoisotopic (exact) mass is 314 g/mol. The summed E-state index contributed by atoms with van der Waals surface area (Å²) in [7, 11) is 4.70. The molecule has 7 nitrogen and oxygen atoms in total. The van der Waals surface area contributed by atoms with E-state index in [1.165, 1.54) is 0 Å². The van der Waals surface area contributed by atoms with Gasteiger partial charge in [0.2, 0.25) is 5.75 Å². The first-order valence-corrected chi connectivity index (χ1v) is 6.15. The number of aromatic amines is 1. The van der Waals surface area contributed by atoms with E-state index in [2.05, 4.69) is 15.2 Å². The van der Waals surface area contributed by atoms with Crippen molar-refractivity contribution in [2.75, 3.05) is 27.9 Å². The molecule has 0 radical (unpaired) electrons. The van der Waals surface area contributed by atoms with Gasteiger partial charge in [-0.05, 0) is 18.7 Å². The molecule has 0 unspecified atom stereocenters. The van der Waals surface area contributed by atoms with Crippen molar-refractivity contribution in [3.8, 4) is 28.6 Å². The molecule has 0 aliphatic carbocycles. The smallest absolute Gasteiger partial charge is 0.203 e. The first-order valence-electron chi connectivity index (χ1n) is 6.15. The zero-order chi connectivity index (χ0) is 14.5. The number of rotatable bonds is 6. The lowest BCUT2D eigenvalue weighted by Crippen LogP contribution is -2.03. The maximum atomic E-state index is 5.49. The normalized spacial score (nSPS) is 9.90. The third kappa shape index (κ3) is 3.56. The molecule has 0 fully saturated rings. The first-order chi connectivity index (χ1) is 9.73. The minimum absolute atomic E-state index is 0. The molecule has 3 N–H and O–H groups in total. The summed E-state index contributed by atoms with van der Waals surface area (Å²) in [6, 6.07) is 3.60. The minimum atomic E-state index is 0. The van der Waals surface area contributed by atoms with E-state index in [4.69, 9.17) is 19.9 Å². The fraction of sp³-hybridized carbons (Fsp3) is 0.385. The van der Waals surface area contributed by atoms with Gasteiger partial charge in [-0.25, -0.2) is 4.98 Å². The van der Waals surface area contributed by atoms with Gasteiger partial charge < -0.3 is 19.9 Å². The molecule has 0 spiro atoms. The second-order valence-electron chi connectivity index (χ2n) is 4.06. The van der Waals surface area contributed by atoms with Crippen molar-refractivity contribution in [1.29, 1.82) is 0 Å². The van der Waals surface area contributed by atoms with Crippen molar-refractivity contribution in [3.05, 3.63) is 18.0 Å². The summed E-state index contributed by atoms with van der Waals surface area (Å²) >= 11 is 0. The van der Waals surface area contributed by atoms with E-state index < -0.39 is 0 Å². The van der Waals surface area contributed by atoms with Crippen LogP contribution >= 0.6 is 12.4 Å². The van der Waals surface area contributed by atoms with Crippen molar-refractivity contribution in [2.45, 2.75) is 6.42 Å². The number of nitrogens with zero attached hydrogens (tertiary/aromatic N) is 2. The SMILES string of the molecule is COc1cc(-c2n[nH]c(CCN)n2)cc(OC)c1OC.Cl. The van der Waals surface area contributed by atoms with Crippen LogP contribution in [0.3, 0.4) is 0 Å². The quantitative estimate of drug-likeness (QED) is 0.837. The fourth-order valence-electron chi connectivity index (χ4n) is 1.88. The van der Waals surface area contributed by atoms with Gasteiger partial charge in [-0.1, -0.05) is 0 Å². The van der Waals surface area contributed by atoms with Crippen LogP contribution in [0.15, 0.2) is 12.1 Å². The zero-order valence-corrected chi connectivity index (χ0v) is 13.0. The van der Waals surface area contributed by atoms with E-state index in [9.17, 15) is 0 Å². The van der Waals surface area contributed by atoms with Gasteiger partial charge in [0.05, 0.1) is 21.3 Å². The van der Waals surface area contributed by atoms with E-state index >= 15 is 0 Å². The highest BCUT2D eigenvalue weighted by atomic mass is 35.5. The Bertz CT molecular complexity index is 564. The number of nitrogens with two attached hydrogens (primary N) is 1. The molecule has 116 valence electrons. The largest absolute Gasteiger partial charge is 0.493 e. The standard InChI is InChI=1S/C13H18N4O3.ClH/c1-18-9-6-8(7-10(19-2)12(9)20-3)13-15-11(4-5-14)16-17-13;/h6-7H,4-5,14H2,1-3H3,(H,15,16,17);1H. The van der Waals surface area contributed by atoms with E-state index in [0.29, 0.717) is 36.0 Å². The number of aromatic nitrogens is 3. The van der Waals surface area contributed by atoms with Crippen LogP contribution in [0.5, 0.6) is 17.2 Å². The molecule has 8 heteroatoms. The summed E-state index contributed by atoms with van der Waals surface area (Å²) in [6.45, 7) is 0.518. The van der Waals surface area contributed by atoms with Gasteiger partial charge in [0, 0.05) is 12.0 Å². The van der Waals surface area contributed by atoms with Crippen molar-refractivity contribution in [2.24, 2.45) is 5.73 Å². The Hall–Kier alpha value is -1.99. The van der Waals surface area contributed by atoms with Crippen LogP contribution in [0.2, 0.25) is 0 Å². The minimum Gasteiger partial charge on any atom is -0.493 e. The average molecular weight is 315 g/mol. The van der Waals surface area contributed by atoms with Crippen LogP contribution in [0, 0.1) is 0 Å². The zero-order valence-electron chi connectivity index (χ0n) is 12.2. The number of nitrogens with one attached hydrogen (secondary N) is 1. The number of hydrogen-bond donors (Lipinski definition) is 2. The second-order valence-corrected chi connectivity index (χ2v) is 4.06. The molecule has 2 rings (SSSR count). The number of methoxy groups -OCH3 is 3. The third-order valence-electron chi connectivity index (χ3n) is 2.84. The maximum Gasteiger partial charge on any atom is 0.203 e. The topological polar surface area (TPSA) is 95.3 Å². The summed E-state index contributed by atoms with van der Waals surface area (Å²) < 4.78 is 15.9. The molecule has 0 amide bonds. The summed E-state index contributed by atoms with van der Waals surface area (Å²) in [5.41, 5.74) is 6.27. The molecule has 1 aromatic heterocycles. The molecular formula is C13H19ClN4O3. The van der Waals surface area contributed by atoms with Crippen LogP contribution in [-0.4, -0.2) is 43.1 Å². The van der Waals surface area contributed by atoms with E-state index in [0.717, 1.165) is 11.4 Å². The average Bonchev–Trinajstić information content (AvgIpc) is 2.94. The second kappa shape index (κ2) is 7.70. The van der Waals surface area contributed by atoms with Gasteiger partial charge >= 0.3 is 0 Å². The van der Waals surface area contributed by atoms with Crippen molar-refractivity contribution in [1.82, 2.24) is 15.2 Å². The highest BCUT2D eigenvalue weighted by Gasteiger charge is 2.16. The lowest BCUT2D eigenvalue weighted by molar-refractivity contribution is 0.324. The summed E-state index contributed by atoms with van der Waals surface area (Å²) in [4.78, 5) is 4.38. The lowest BCUT2D eigenvalue weighted by atomic mass is 10.1. The van der Waals surface area contributed by atoms with E-state index in [-0.39, 0.29) is 12.4 Å². The number of benzene rings is 1. The molecule has 2 aromatic rings. The molecule has 0 bridgehead atoms. The van der Waals surface area contributed by atoms with Gasteiger partial charge in [0.1, 0.15) is 5.82 Å². The molecule has 0 saturated heterocycles. The lowest BCUT2D eigenvalue weighted by Gasteiger charge is -2.12. The van der Waals surface area contributed by atoms with Gasteiger partial charge in [0.25, 0.3) is 0 Å². The van der Waals surface area contributed by atoms with Crippen LogP contribution < -0.4 is 19.9 Å². The maximum absolute atomic E-state index is 5.49. The Morgan fingerprint density at radius 2 is 1.71 bits per heavy atom. The van der Waals surface area contributed by atoms with Crippen LogP contribution in [-0.2, 0) is 6.42 Å². The molecule has 21 heavy (non-hydrogen) atoms. The van der Waals surface area contributed by atoms with Crippen molar-refractivity contribution in [3.63, 3.8) is 0 Å². The van der Waals surface area contributed by atoms with Crippen LogP contribution in [0.4, 0.5) is 0 Å². The number of halogens is 1. The Morgan fingerprint density at radius 3 is 2.19 bits per heavy atom. The first kappa shape index (κ1) is 17.1. The molecule has 0 atom stereocenters. The molecule has 0 aliphatic heterocycles. The van der Waals surface area contributed by atoms with Crippen LogP contribution in [0.25, 0.3) is 11.4 Å². The number of ether oxygens (including phenoxy) is 3. The van der Waals surface area contributed by atoms with E-state index in [1.54, 1.807) is 33.5 Å². The predicted molar refractivity (Wildman–Crippen MR) is 81.5 cm³/mol. The molecular weight excluding hydrogens is 296 g/mol. The summed E-state index contributed by atoms with van der Waals surface area (Å²) in [6.07, 6.45) is 0.650. The summed E-state index contributed by atoms with van der Waals surface area (Å²) in [5.74, 6) is 2.97. The van der Waals surface area contributed by atoms with Crippen molar-refractivity contribution >= 4 is 12.4 Å². The highest BCUT2D eigenvalue weighted by molar-refractivity contribution is 5.85. The van der Waals surface area contributed by atoms with Crippen LogP contribution in [0.1, 0.15) is 5.82 Å². The Balaban J connectivity index is 0.00000220. The van der Waals surface area contributed by atoms with Gasteiger partial charge in [-0.3, -0.25) is 5.10 Å². The molecule has 0 saturated carbocycles. The Kier molecular flexibility index (Phi) is 6.26. The molecule has 1 heterocycles.